The minimum absolute atomic E-state index is 0.327. The predicted molar refractivity (Wildman–Crippen MR) is 114 cm³/mol. The second-order valence-corrected chi connectivity index (χ2v) is 7.37. The first kappa shape index (κ1) is 19.9. The molecule has 0 aliphatic rings. The monoisotopic (exact) mass is 375 g/mol. The van der Waals surface area contributed by atoms with E-state index in [1.54, 1.807) is 24.3 Å². The molecule has 3 aromatic rings. The van der Waals surface area contributed by atoms with Crippen molar-refractivity contribution in [2.75, 3.05) is 0 Å². The zero-order valence-electron chi connectivity index (χ0n) is 16.3. The normalized spacial score (nSPS) is 10.9. The zero-order valence-corrected chi connectivity index (χ0v) is 16.3. The molecule has 1 heterocycles. The van der Waals surface area contributed by atoms with E-state index in [1.807, 2.05) is 24.3 Å². The van der Waals surface area contributed by atoms with Crippen molar-refractivity contribution < 1.29 is 10.2 Å². The van der Waals surface area contributed by atoms with E-state index >= 15 is 0 Å². The lowest BCUT2D eigenvalue weighted by Crippen LogP contribution is -1.97. The summed E-state index contributed by atoms with van der Waals surface area (Å²) in [4.78, 5) is 4.82. The number of nitrogens with zero attached hydrogens (tertiary/aromatic N) is 1. The van der Waals surface area contributed by atoms with Gasteiger partial charge in [0.25, 0.3) is 0 Å². The highest BCUT2D eigenvalue weighted by Gasteiger charge is 2.01. The van der Waals surface area contributed by atoms with Gasteiger partial charge < -0.3 is 10.2 Å². The fourth-order valence-corrected chi connectivity index (χ4v) is 3.40. The van der Waals surface area contributed by atoms with Crippen LogP contribution in [0, 0.1) is 0 Å². The Morgan fingerprint density at radius 3 is 1.32 bits per heavy atom. The van der Waals surface area contributed by atoms with Gasteiger partial charge in [0.2, 0.25) is 0 Å². The summed E-state index contributed by atoms with van der Waals surface area (Å²) in [6.45, 7) is 0. The second kappa shape index (κ2) is 10.5. The van der Waals surface area contributed by atoms with Gasteiger partial charge in [0, 0.05) is 11.4 Å². The largest absolute Gasteiger partial charge is 0.508 e. The molecule has 2 aromatic carbocycles. The minimum Gasteiger partial charge on any atom is -0.508 e. The molecule has 0 aliphatic carbocycles. The highest BCUT2D eigenvalue weighted by atomic mass is 16.3. The number of pyridine rings is 1. The standard InChI is InChI=1S/C25H29NO2/c27-24-16-12-20(13-17-24)6-1-3-8-22-10-5-11-23(26-22)9-4-2-7-21-14-18-25(28)19-15-21/h5,10-19,27-28H,1-4,6-9H2. The second-order valence-electron chi connectivity index (χ2n) is 7.37. The molecule has 3 nitrogen and oxygen atoms in total. The van der Waals surface area contributed by atoms with Crippen molar-refractivity contribution in [3.05, 3.63) is 89.2 Å². The van der Waals surface area contributed by atoms with Gasteiger partial charge in [-0.1, -0.05) is 30.3 Å². The number of aromatic nitrogens is 1. The van der Waals surface area contributed by atoms with Gasteiger partial charge in [0.15, 0.2) is 0 Å². The van der Waals surface area contributed by atoms with Gasteiger partial charge in [0.05, 0.1) is 0 Å². The Balaban J connectivity index is 1.36. The SMILES string of the molecule is Oc1ccc(CCCCc2cccc(CCCCc3ccc(O)cc3)n2)cc1. The van der Waals surface area contributed by atoms with Crippen LogP contribution in [-0.4, -0.2) is 15.2 Å². The molecule has 28 heavy (non-hydrogen) atoms. The molecule has 0 aliphatic heterocycles. The minimum atomic E-state index is 0.327. The summed E-state index contributed by atoms with van der Waals surface area (Å²) in [6, 6.07) is 21.4. The Kier molecular flexibility index (Phi) is 7.48. The van der Waals surface area contributed by atoms with Gasteiger partial charge in [-0.15, -0.1) is 0 Å². The van der Waals surface area contributed by atoms with Crippen LogP contribution in [0.25, 0.3) is 0 Å². The van der Waals surface area contributed by atoms with E-state index in [0.717, 1.165) is 51.4 Å². The number of hydrogen-bond acceptors (Lipinski definition) is 3. The highest BCUT2D eigenvalue weighted by molar-refractivity contribution is 5.26. The van der Waals surface area contributed by atoms with Crippen LogP contribution in [0.2, 0.25) is 0 Å². The molecule has 0 saturated heterocycles. The van der Waals surface area contributed by atoms with E-state index in [1.165, 1.54) is 22.5 Å². The van der Waals surface area contributed by atoms with Gasteiger partial charge in [-0.3, -0.25) is 4.98 Å². The van der Waals surface area contributed by atoms with Crippen LogP contribution in [0.3, 0.4) is 0 Å². The maximum Gasteiger partial charge on any atom is 0.115 e. The van der Waals surface area contributed by atoms with E-state index < -0.39 is 0 Å². The predicted octanol–water partition coefficient (Wildman–Crippen LogP) is 5.62. The summed E-state index contributed by atoms with van der Waals surface area (Å²) in [5.41, 5.74) is 4.91. The van der Waals surface area contributed by atoms with E-state index in [2.05, 4.69) is 18.2 Å². The van der Waals surface area contributed by atoms with Gasteiger partial charge in [-0.25, -0.2) is 0 Å². The summed E-state index contributed by atoms with van der Waals surface area (Å²) < 4.78 is 0. The lowest BCUT2D eigenvalue weighted by atomic mass is 10.0. The average molecular weight is 376 g/mol. The summed E-state index contributed by atoms with van der Waals surface area (Å²) in [5, 5.41) is 18.7. The summed E-state index contributed by atoms with van der Waals surface area (Å²) in [5.74, 6) is 0.653. The van der Waals surface area contributed by atoms with E-state index in [-0.39, 0.29) is 0 Å². The van der Waals surface area contributed by atoms with Crippen LogP contribution in [0.1, 0.15) is 48.2 Å². The Morgan fingerprint density at radius 2 is 0.893 bits per heavy atom. The maximum absolute atomic E-state index is 9.33. The van der Waals surface area contributed by atoms with Crippen molar-refractivity contribution in [1.82, 2.24) is 4.98 Å². The fraction of sp³-hybridized carbons (Fsp3) is 0.320. The van der Waals surface area contributed by atoms with Crippen molar-refractivity contribution in [3.8, 4) is 11.5 Å². The number of phenols is 2. The molecule has 2 N–H and O–H groups in total. The molecular weight excluding hydrogens is 346 g/mol. The molecular formula is C25H29NO2. The molecule has 0 spiro atoms. The number of benzene rings is 2. The average Bonchev–Trinajstić information content (AvgIpc) is 2.72. The number of aryl methyl sites for hydroxylation is 4. The molecule has 3 rings (SSSR count). The molecule has 1 aromatic heterocycles. The van der Waals surface area contributed by atoms with E-state index in [4.69, 9.17) is 4.98 Å². The fourth-order valence-electron chi connectivity index (χ4n) is 3.40. The topological polar surface area (TPSA) is 53.4 Å². The summed E-state index contributed by atoms with van der Waals surface area (Å²) in [7, 11) is 0. The third kappa shape index (κ3) is 6.73. The van der Waals surface area contributed by atoms with E-state index in [9.17, 15) is 10.2 Å². The number of rotatable bonds is 10. The lowest BCUT2D eigenvalue weighted by molar-refractivity contribution is 0.474. The van der Waals surface area contributed by atoms with Crippen molar-refractivity contribution in [1.29, 1.82) is 0 Å². The summed E-state index contributed by atoms with van der Waals surface area (Å²) in [6.07, 6.45) is 8.61. The van der Waals surface area contributed by atoms with Crippen LogP contribution in [0.4, 0.5) is 0 Å². The molecule has 0 radical (unpaired) electrons. The molecule has 0 saturated carbocycles. The first-order valence-electron chi connectivity index (χ1n) is 10.2. The lowest BCUT2D eigenvalue weighted by Gasteiger charge is -2.06. The first-order valence-corrected chi connectivity index (χ1v) is 10.2. The highest BCUT2D eigenvalue weighted by Crippen LogP contribution is 2.15. The summed E-state index contributed by atoms with van der Waals surface area (Å²) >= 11 is 0. The van der Waals surface area contributed by atoms with Crippen LogP contribution < -0.4 is 0 Å². The molecule has 0 bridgehead atoms. The molecule has 3 heteroatoms. The number of phenolic OH excluding ortho intramolecular Hbond substituents is 2. The van der Waals surface area contributed by atoms with Crippen LogP contribution in [0.5, 0.6) is 11.5 Å². The van der Waals surface area contributed by atoms with Crippen LogP contribution in [0.15, 0.2) is 66.7 Å². The van der Waals surface area contributed by atoms with Gasteiger partial charge in [0.1, 0.15) is 11.5 Å². The molecule has 0 fully saturated rings. The van der Waals surface area contributed by atoms with Crippen molar-refractivity contribution in [2.24, 2.45) is 0 Å². The molecule has 0 atom stereocenters. The van der Waals surface area contributed by atoms with Gasteiger partial charge in [-0.2, -0.15) is 0 Å². The maximum atomic E-state index is 9.33. The molecule has 0 amide bonds. The number of aromatic hydroxyl groups is 2. The first-order chi connectivity index (χ1) is 13.7. The van der Waals surface area contributed by atoms with Gasteiger partial charge in [-0.05, 0) is 98.9 Å². The quantitative estimate of drug-likeness (QED) is 0.452. The van der Waals surface area contributed by atoms with Crippen molar-refractivity contribution in [2.45, 2.75) is 51.4 Å². The van der Waals surface area contributed by atoms with Crippen molar-refractivity contribution >= 4 is 0 Å². The Bertz CT molecular complexity index is 772. The van der Waals surface area contributed by atoms with E-state index in [0.29, 0.717) is 11.5 Å². The third-order valence-corrected chi connectivity index (χ3v) is 5.03. The van der Waals surface area contributed by atoms with Gasteiger partial charge >= 0.3 is 0 Å². The molecule has 0 unspecified atom stereocenters. The smallest absolute Gasteiger partial charge is 0.115 e. The Labute approximate surface area is 167 Å². The van der Waals surface area contributed by atoms with Crippen LogP contribution >= 0.6 is 0 Å². The number of unbranched alkanes of at least 4 members (excludes halogenated alkanes) is 2. The Morgan fingerprint density at radius 1 is 0.500 bits per heavy atom. The zero-order chi connectivity index (χ0) is 19.6. The Hall–Kier alpha value is -2.81. The number of hydrogen-bond donors (Lipinski definition) is 2. The van der Waals surface area contributed by atoms with Crippen LogP contribution in [-0.2, 0) is 25.7 Å². The third-order valence-electron chi connectivity index (χ3n) is 5.03. The van der Waals surface area contributed by atoms with Crippen molar-refractivity contribution in [3.63, 3.8) is 0 Å². The molecule has 146 valence electrons.